The zero-order valence-electron chi connectivity index (χ0n) is 26.4. The molecule has 0 bridgehead atoms. The Morgan fingerprint density at radius 3 is 2.56 bits per heavy atom. The highest BCUT2D eigenvalue weighted by Gasteiger charge is 2.43. The number of hydrogen-bond donors (Lipinski definition) is 4. The molecule has 3 aromatic carbocycles. The van der Waals surface area contributed by atoms with Gasteiger partial charge in [-0.25, -0.2) is 4.79 Å². The number of piperidine rings is 1. The number of benzene rings is 3. The van der Waals surface area contributed by atoms with Crippen LogP contribution in [0.3, 0.4) is 0 Å². The molecule has 0 aliphatic carbocycles. The van der Waals surface area contributed by atoms with Crippen LogP contribution in [0, 0.1) is 5.92 Å². The van der Waals surface area contributed by atoms with E-state index in [1.165, 1.54) is 12.7 Å². The molecule has 9 heteroatoms. The zero-order chi connectivity index (χ0) is 32.2. The van der Waals surface area contributed by atoms with Crippen LogP contribution in [0.25, 0.3) is 11.1 Å². The molecule has 8 nitrogen and oxygen atoms in total. The van der Waals surface area contributed by atoms with Crippen LogP contribution in [0.1, 0.15) is 66.1 Å². The molecule has 2 amide bonds. The number of rotatable bonds is 14. The number of carbonyl (C=O) groups excluding carboxylic acids is 2. The minimum Gasteiger partial charge on any atom is -0.453 e. The third-order valence-electron chi connectivity index (χ3n) is 8.72. The summed E-state index contributed by atoms with van der Waals surface area (Å²) < 4.78 is 4.73. The molecule has 4 rings (SSSR count). The number of alkyl carbamates (subject to hydrolysis) is 1. The van der Waals surface area contributed by atoms with E-state index in [4.69, 9.17) is 21.4 Å². The molecule has 242 valence electrons. The number of aliphatic hydroxyl groups is 2. The average molecular weight is 636 g/mol. The Bertz CT molecular complexity index is 1420. The molecular formula is C36H46ClN3O5. The molecule has 3 aromatic rings. The van der Waals surface area contributed by atoms with E-state index in [9.17, 15) is 14.7 Å². The standard InChI is InChI=1S/C36H46ClN3O5/c1-3-26-9-4-10-29(23-26)33-31(12-5-13-32(33)37)36(44,18-7-20-39-35(43)45-2)30-11-6-21-40(25-30)34(42)28-16-14-27(15-17-28)24-38-19-8-22-41/h4-5,9-10,12-17,23,30,38,41,44H,3,6-8,11,18-22,24-25H2,1-2H3,(H,39,43)/t30-,36+/m1/s1. The fourth-order valence-corrected chi connectivity index (χ4v) is 6.52. The summed E-state index contributed by atoms with van der Waals surface area (Å²) in [7, 11) is 1.33. The molecule has 0 aromatic heterocycles. The van der Waals surface area contributed by atoms with Crippen LogP contribution in [0.15, 0.2) is 66.7 Å². The lowest BCUT2D eigenvalue weighted by molar-refractivity contribution is -0.0563. The van der Waals surface area contributed by atoms with Gasteiger partial charge in [0.15, 0.2) is 0 Å². The summed E-state index contributed by atoms with van der Waals surface area (Å²) in [6.07, 6.45) is 3.42. The van der Waals surface area contributed by atoms with E-state index in [0.29, 0.717) is 56.0 Å². The minimum absolute atomic E-state index is 0.0591. The maximum Gasteiger partial charge on any atom is 0.406 e. The summed E-state index contributed by atoms with van der Waals surface area (Å²) in [4.78, 5) is 27.3. The summed E-state index contributed by atoms with van der Waals surface area (Å²) in [6.45, 7) is 5.00. The van der Waals surface area contributed by atoms with E-state index in [2.05, 4.69) is 29.7 Å². The van der Waals surface area contributed by atoms with Gasteiger partial charge in [0.1, 0.15) is 0 Å². The van der Waals surface area contributed by atoms with E-state index in [1.54, 1.807) is 0 Å². The first-order valence-corrected chi connectivity index (χ1v) is 16.3. The second-order valence-corrected chi connectivity index (χ2v) is 12.1. The molecule has 1 aliphatic heterocycles. The Labute approximate surface area is 271 Å². The number of ether oxygens (including phenoxy) is 1. The van der Waals surface area contributed by atoms with Crippen molar-refractivity contribution in [3.63, 3.8) is 0 Å². The number of aryl methyl sites for hydroxylation is 1. The van der Waals surface area contributed by atoms with E-state index < -0.39 is 11.7 Å². The fourth-order valence-electron chi connectivity index (χ4n) is 6.24. The second-order valence-electron chi connectivity index (χ2n) is 11.7. The Kier molecular flexibility index (Phi) is 12.8. The third-order valence-corrected chi connectivity index (χ3v) is 9.03. The van der Waals surface area contributed by atoms with Gasteiger partial charge in [-0.1, -0.05) is 67.1 Å². The number of hydrogen-bond acceptors (Lipinski definition) is 6. The highest BCUT2D eigenvalue weighted by Crippen LogP contribution is 2.45. The number of halogens is 1. The third kappa shape index (κ3) is 8.85. The molecule has 0 radical (unpaired) electrons. The number of nitrogens with zero attached hydrogens (tertiary/aromatic N) is 1. The second kappa shape index (κ2) is 16.8. The molecule has 1 fully saturated rings. The van der Waals surface area contributed by atoms with Crippen molar-refractivity contribution in [1.82, 2.24) is 15.5 Å². The van der Waals surface area contributed by atoms with Crippen molar-refractivity contribution >= 4 is 23.6 Å². The van der Waals surface area contributed by atoms with Crippen molar-refractivity contribution in [2.45, 2.75) is 57.6 Å². The Balaban J connectivity index is 1.62. The molecule has 0 spiro atoms. The SMILES string of the molecule is CCc1cccc(-c2c(Cl)cccc2[C@](O)(CCCNC(=O)OC)[C@@H]2CCCN(C(=O)c3ccc(CNCCCO)cc3)C2)c1. The summed E-state index contributed by atoms with van der Waals surface area (Å²) in [5, 5.41) is 28.3. The lowest BCUT2D eigenvalue weighted by Gasteiger charge is -2.44. The number of likely N-dealkylation sites (tertiary alicyclic amines) is 1. The van der Waals surface area contributed by atoms with Crippen LogP contribution in [0.4, 0.5) is 4.79 Å². The van der Waals surface area contributed by atoms with Gasteiger partial charge in [0.25, 0.3) is 5.91 Å². The molecule has 4 N–H and O–H groups in total. The highest BCUT2D eigenvalue weighted by molar-refractivity contribution is 6.33. The summed E-state index contributed by atoms with van der Waals surface area (Å²) in [6, 6.07) is 21.5. The fraction of sp³-hybridized carbons (Fsp3) is 0.444. The first-order valence-electron chi connectivity index (χ1n) is 15.9. The van der Waals surface area contributed by atoms with Crippen LogP contribution in [-0.4, -0.2) is 67.0 Å². The summed E-state index contributed by atoms with van der Waals surface area (Å²) >= 11 is 6.88. The smallest absolute Gasteiger partial charge is 0.406 e. The van der Waals surface area contributed by atoms with E-state index >= 15 is 0 Å². The number of carbonyl (C=O) groups is 2. The van der Waals surface area contributed by atoms with Gasteiger partial charge in [-0.05, 0) is 85.5 Å². The molecule has 2 atom stereocenters. The zero-order valence-corrected chi connectivity index (χ0v) is 27.1. The van der Waals surface area contributed by atoms with Gasteiger partial charge >= 0.3 is 6.09 Å². The van der Waals surface area contributed by atoms with Gasteiger partial charge in [-0.3, -0.25) is 4.79 Å². The predicted octanol–water partition coefficient (Wildman–Crippen LogP) is 5.92. The van der Waals surface area contributed by atoms with Crippen LogP contribution >= 0.6 is 11.6 Å². The predicted molar refractivity (Wildman–Crippen MR) is 178 cm³/mol. The van der Waals surface area contributed by atoms with Crippen molar-refractivity contribution in [3.8, 4) is 11.1 Å². The Hall–Kier alpha value is -3.43. The number of aliphatic hydroxyl groups excluding tert-OH is 1. The van der Waals surface area contributed by atoms with Crippen molar-refractivity contribution in [2.75, 3.05) is 39.9 Å². The topological polar surface area (TPSA) is 111 Å². The number of amides is 2. The molecular weight excluding hydrogens is 590 g/mol. The summed E-state index contributed by atoms with van der Waals surface area (Å²) in [5.74, 6) is -0.314. The van der Waals surface area contributed by atoms with Gasteiger partial charge in [0.2, 0.25) is 0 Å². The van der Waals surface area contributed by atoms with Crippen molar-refractivity contribution in [1.29, 1.82) is 0 Å². The van der Waals surface area contributed by atoms with E-state index in [1.807, 2.05) is 59.5 Å². The molecule has 0 unspecified atom stereocenters. The largest absolute Gasteiger partial charge is 0.453 e. The van der Waals surface area contributed by atoms with Crippen LogP contribution in [0.2, 0.25) is 5.02 Å². The molecule has 1 aliphatic rings. The number of nitrogens with one attached hydrogen (secondary N) is 2. The number of methoxy groups -OCH3 is 1. The van der Waals surface area contributed by atoms with Crippen LogP contribution in [0.5, 0.6) is 0 Å². The minimum atomic E-state index is -1.32. The van der Waals surface area contributed by atoms with Crippen LogP contribution < -0.4 is 10.6 Å². The maximum atomic E-state index is 13.7. The maximum absolute atomic E-state index is 13.7. The van der Waals surface area contributed by atoms with Crippen molar-refractivity contribution < 1.29 is 24.5 Å². The molecule has 1 heterocycles. The van der Waals surface area contributed by atoms with Gasteiger partial charge in [0.05, 0.1) is 12.7 Å². The van der Waals surface area contributed by atoms with Gasteiger partial charge in [-0.15, -0.1) is 0 Å². The molecule has 1 saturated heterocycles. The van der Waals surface area contributed by atoms with Gasteiger partial charge in [-0.2, -0.15) is 0 Å². The normalized spacial score (nSPS) is 16.2. The summed E-state index contributed by atoms with van der Waals surface area (Å²) in [5.41, 5.74) is 4.00. The monoisotopic (exact) mass is 635 g/mol. The molecule has 45 heavy (non-hydrogen) atoms. The molecule has 0 saturated carbocycles. The van der Waals surface area contributed by atoms with Crippen LogP contribution in [-0.2, 0) is 23.3 Å². The van der Waals surface area contributed by atoms with Gasteiger partial charge in [0, 0.05) is 54.9 Å². The first kappa shape index (κ1) is 34.4. The highest BCUT2D eigenvalue weighted by atomic mass is 35.5. The first-order chi connectivity index (χ1) is 21.8. The lowest BCUT2D eigenvalue weighted by atomic mass is 9.72. The lowest BCUT2D eigenvalue weighted by Crippen LogP contribution is -2.48. The van der Waals surface area contributed by atoms with Crippen molar-refractivity contribution in [3.05, 3.63) is 94.0 Å². The quantitative estimate of drug-likeness (QED) is 0.164. The van der Waals surface area contributed by atoms with E-state index in [0.717, 1.165) is 48.1 Å². The van der Waals surface area contributed by atoms with E-state index in [-0.39, 0.29) is 18.4 Å². The Morgan fingerprint density at radius 2 is 1.82 bits per heavy atom. The average Bonchev–Trinajstić information content (AvgIpc) is 3.08. The van der Waals surface area contributed by atoms with Crippen molar-refractivity contribution in [2.24, 2.45) is 5.92 Å². The van der Waals surface area contributed by atoms with Gasteiger partial charge < -0.3 is 30.5 Å². The Morgan fingerprint density at radius 1 is 1.04 bits per heavy atom.